The number of halogens is 1. The molecule has 0 spiro atoms. The topological polar surface area (TPSA) is 88.0 Å². The lowest BCUT2D eigenvalue weighted by Crippen LogP contribution is -2.01. The summed E-state index contributed by atoms with van der Waals surface area (Å²) in [6.45, 7) is 0. The zero-order valence-corrected chi connectivity index (χ0v) is 14.5. The molecule has 2 aromatic carbocycles. The molecule has 0 bridgehead atoms. The number of hydrogen-bond donors (Lipinski definition) is 2. The maximum Gasteiger partial charge on any atom is 0.220 e. The molecule has 1 unspecified atom stereocenters. The molecule has 0 saturated heterocycles. The lowest BCUT2D eigenvalue weighted by atomic mass is 10.1. The van der Waals surface area contributed by atoms with E-state index in [-0.39, 0.29) is 11.8 Å². The van der Waals surface area contributed by atoms with Crippen molar-refractivity contribution in [2.24, 2.45) is 4.36 Å². The Kier molecular flexibility index (Phi) is 4.76. The number of nitrogens with two attached hydrogens (primary N) is 1. The number of hydrogen-bond acceptors (Lipinski definition) is 5. The minimum Gasteiger partial charge on any atom is -0.368 e. The second-order valence-electron chi connectivity index (χ2n) is 5.76. The van der Waals surface area contributed by atoms with E-state index >= 15 is 0 Å². The van der Waals surface area contributed by atoms with Crippen LogP contribution in [0.25, 0.3) is 11.3 Å². The van der Waals surface area contributed by atoms with E-state index in [0.29, 0.717) is 22.6 Å². The van der Waals surface area contributed by atoms with E-state index in [2.05, 4.69) is 14.3 Å². The summed E-state index contributed by atoms with van der Waals surface area (Å²) in [4.78, 5) is 7.97. The van der Waals surface area contributed by atoms with E-state index in [0.717, 1.165) is 5.69 Å². The Hall–Kier alpha value is -2.80. The van der Waals surface area contributed by atoms with Gasteiger partial charge in [-0.2, -0.15) is 0 Å². The standard InChI is InChI=1S/C18H18FN5S/c1-25(21,24-16-5-3-2-4-6-16)12-13-9-14(11-15(19)10-13)17-7-8-22-18(20)23-17/h2-11,21H,12H2,1H3,(H2,20,22,23). The molecule has 0 radical (unpaired) electrons. The van der Waals surface area contributed by atoms with Gasteiger partial charge in [-0.3, -0.25) is 4.78 Å². The van der Waals surface area contributed by atoms with Gasteiger partial charge in [0.15, 0.2) is 0 Å². The molecule has 1 atom stereocenters. The first-order chi connectivity index (χ1) is 11.9. The first-order valence-corrected chi connectivity index (χ1v) is 9.75. The fraction of sp³-hybridized carbons (Fsp3) is 0.111. The SMILES string of the molecule is CS(=N)(Cc1cc(F)cc(-c2ccnc(N)n2)c1)=Nc1ccccc1. The first-order valence-electron chi connectivity index (χ1n) is 7.58. The smallest absolute Gasteiger partial charge is 0.220 e. The van der Waals surface area contributed by atoms with Gasteiger partial charge in [0.2, 0.25) is 5.95 Å². The van der Waals surface area contributed by atoms with Crippen molar-refractivity contribution in [3.8, 4) is 11.3 Å². The van der Waals surface area contributed by atoms with Crippen molar-refractivity contribution in [1.29, 1.82) is 4.78 Å². The second kappa shape index (κ2) is 6.98. The van der Waals surface area contributed by atoms with Crippen LogP contribution in [0, 0.1) is 10.6 Å². The van der Waals surface area contributed by atoms with Gasteiger partial charge in [-0.25, -0.2) is 18.7 Å². The molecule has 1 aromatic heterocycles. The highest BCUT2D eigenvalue weighted by molar-refractivity contribution is 7.93. The van der Waals surface area contributed by atoms with E-state index in [1.54, 1.807) is 12.3 Å². The van der Waals surface area contributed by atoms with Gasteiger partial charge < -0.3 is 5.73 Å². The van der Waals surface area contributed by atoms with Gasteiger partial charge in [-0.15, -0.1) is 0 Å². The number of rotatable bonds is 4. The molecule has 128 valence electrons. The third kappa shape index (κ3) is 4.60. The number of nitrogen functional groups attached to an aromatic ring is 1. The van der Waals surface area contributed by atoms with Gasteiger partial charge in [-0.1, -0.05) is 27.8 Å². The van der Waals surface area contributed by atoms with Crippen LogP contribution in [0.1, 0.15) is 5.56 Å². The zero-order chi connectivity index (χ0) is 17.9. The predicted molar refractivity (Wildman–Crippen MR) is 100 cm³/mol. The van der Waals surface area contributed by atoms with Crippen LogP contribution in [-0.2, 0) is 15.4 Å². The van der Waals surface area contributed by atoms with Crippen molar-refractivity contribution < 1.29 is 4.39 Å². The molecule has 0 fully saturated rings. The van der Waals surface area contributed by atoms with Gasteiger partial charge in [0.05, 0.1) is 11.4 Å². The molecule has 0 aliphatic rings. The third-order valence-electron chi connectivity index (χ3n) is 3.44. The van der Waals surface area contributed by atoms with Crippen LogP contribution in [0.3, 0.4) is 0 Å². The summed E-state index contributed by atoms with van der Waals surface area (Å²) in [5.41, 5.74) is 8.23. The summed E-state index contributed by atoms with van der Waals surface area (Å²) in [5.74, 6) is 0.116. The Balaban J connectivity index is 1.96. The largest absolute Gasteiger partial charge is 0.368 e. The highest BCUT2D eigenvalue weighted by atomic mass is 32.2. The van der Waals surface area contributed by atoms with Crippen LogP contribution >= 0.6 is 0 Å². The van der Waals surface area contributed by atoms with Crippen LogP contribution in [0.2, 0.25) is 0 Å². The van der Waals surface area contributed by atoms with Crippen LogP contribution in [0.5, 0.6) is 0 Å². The van der Waals surface area contributed by atoms with Gasteiger partial charge in [0.25, 0.3) is 0 Å². The average molecular weight is 355 g/mol. The quantitative estimate of drug-likeness (QED) is 0.726. The predicted octanol–water partition coefficient (Wildman–Crippen LogP) is 4.43. The second-order valence-corrected chi connectivity index (χ2v) is 8.31. The van der Waals surface area contributed by atoms with Crippen molar-refractivity contribution in [2.45, 2.75) is 5.75 Å². The van der Waals surface area contributed by atoms with Crippen molar-refractivity contribution in [3.63, 3.8) is 0 Å². The number of aromatic nitrogens is 2. The molecule has 3 aromatic rings. The molecule has 7 heteroatoms. The summed E-state index contributed by atoms with van der Waals surface area (Å²) in [7, 11) is -2.06. The molecule has 0 amide bonds. The lowest BCUT2D eigenvalue weighted by molar-refractivity contribution is 0.627. The van der Waals surface area contributed by atoms with Crippen LogP contribution in [0.15, 0.2) is 65.2 Å². The number of benzene rings is 2. The van der Waals surface area contributed by atoms with E-state index < -0.39 is 9.62 Å². The van der Waals surface area contributed by atoms with Crippen LogP contribution < -0.4 is 5.73 Å². The normalized spacial score (nSPS) is 13.2. The maximum atomic E-state index is 14.1. The number of nitrogens with one attached hydrogen (secondary N) is 1. The molecular formula is C18H18FN5S. The molecular weight excluding hydrogens is 337 g/mol. The van der Waals surface area contributed by atoms with Gasteiger partial charge in [0.1, 0.15) is 5.82 Å². The van der Waals surface area contributed by atoms with E-state index in [1.165, 1.54) is 18.3 Å². The van der Waals surface area contributed by atoms with Gasteiger partial charge in [0, 0.05) is 23.8 Å². The van der Waals surface area contributed by atoms with E-state index in [1.807, 2.05) is 36.4 Å². The fourth-order valence-corrected chi connectivity index (χ4v) is 3.96. The molecule has 0 aliphatic heterocycles. The highest BCUT2D eigenvalue weighted by Gasteiger charge is 2.08. The summed E-state index contributed by atoms with van der Waals surface area (Å²) in [5, 5.41) is 0. The van der Waals surface area contributed by atoms with Crippen molar-refractivity contribution >= 4 is 21.3 Å². The molecule has 3 rings (SSSR count). The first kappa shape index (κ1) is 17.0. The van der Waals surface area contributed by atoms with Crippen molar-refractivity contribution in [3.05, 3.63) is 72.2 Å². The Labute approximate surface area is 146 Å². The van der Waals surface area contributed by atoms with Crippen LogP contribution in [-0.4, -0.2) is 16.2 Å². The van der Waals surface area contributed by atoms with Crippen LogP contribution in [0.4, 0.5) is 16.0 Å². The fourth-order valence-electron chi connectivity index (χ4n) is 2.49. The monoisotopic (exact) mass is 355 g/mol. The molecule has 0 saturated carbocycles. The zero-order valence-electron chi connectivity index (χ0n) is 13.7. The molecule has 3 N–H and O–H groups in total. The molecule has 0 aliphatic carbocycles. The highest BCUT2D eigenvalue weighted by Crippen LogP contribution is 2.23. The summed E-state index contributed by atoms with van der Waals surface area (Å²) >= 11 is 0. The molecule has 5 nitrogen and oxygen atoms in total. The maximum absolute atomic E-state index is 14.1. The minimum atomic E-state index is -2.06. The Bertz CT molecular complexity index is 1010. The minimum absolute atomic E-state index is 0.137. The number of anilines is 1. The Morgan fingerprint density at radius 3 is 2.64 bits per heavy atom. The molecule has 1 heterocycles. The van der Waals surface area contributed by atoms with E-state index in [9.17, 15) is 4.39 Å². The third-order valence-corrected chi connectivity index (χ3v) is 4.95. The summed E-state index contributed by atoms with van der Waals surface area (Å²) < 4.78 is 27.1. The number of nitrogens with zero attached hydrogens (tertiary/aromatic N) is 3. The lowest BCUT2D eigenvalue weighted by Gasteiger charge is -2.10. The Morgan fingerprint density at radius 1 is 1.16 bits per heavy atom. The van der Waals surface area contributed by atoms with Gasteiger partial charge >= 0.3 is 0 Å². The molecule has 25 heavy (non-hydrogen) atoms. The van der Waals surface area contributed by atoms with E-state index in [4.69, 9.17) is 10.5 Å². The van der Waals surface area contributed by atoms with Crippen molar-refractivity contribution in [2.75, 3.05) is 12.0 Å². The average Bonchev–Trinajstić information content (AvgIpc) is 2.54. The van der Waals surface area contributed by atoms with Crippen molar-refractivity contribution in [1.82, 2.24) is 9.97 Å². The summed E-state index contributed by atoms with van der Waals surface area (Å²) in [6.07, 6.45) is 3.32. The summed E-state index contributed by atoms with van der Waals surface area (Å²) in [6, 6.07) is 15.7. The Morgan fingerprint density at radius 2 is 1.92 bits per heavy atom. The van der Waals surface area contributed by atoms with Gasteiger partial charge in [-0.05, 0) is 42.0 Å².